The van der Waals surface area contributed by atoms with Gasteiger partial charge in [0.1, 0.15) is 0 Å². The van der Waals surface area contributed by atoms with E-state index in [-0.39, 0.29) is 29.1 Å². The third-order valence-corrected chi connectivity index (χ3v) is 5.06. The van der Waals surface area contributed by atoms with E-state index in [0.717, 1.165) is 23.2 Å². The van der Waals surface area contributed by atoms with Gasteiger partial charge in [-0.1, -0.05) is 30.4 Å². The first-order valence-electron chi connectivity index (χ1n) is 8.07. The van der Waals surface area contributed by atoms with Crippen molar-refractivity contribution in [2.45, 2.75) is 18.4 Å². The summed E-state index contributed by atoms with van der Waals surface area (Å²) >= 11 is 0. The Bertz CT molecular complexity index is 889. The number of anilines is 1. The second-order valence-corrected chi connectivity index (χ2v) is 6.41. The number of nitrogens with zero attached hydrogens (tertiary/aromatic N) is 1. The van der Waals surface area contributed by atoms with Crippen LogP contribution in [0, 0.1) is 16.0 Å². The highest BCUT2D eigenvalue weighted by Crippen LogP contribution is 2.49. The summed E-state index contributed by atoms with van der Waals surface area (Å²) in [5, 5.41) is 25.5. The molecule has 1 N–H and O–H groups in total. The Morgan fingerprint density at radius 2 is 1.92 bits per heavy atom. The van der Waals surface area contributed by atoms with E-state index in [4.69, 9.17) is 0 Å². The second-order valence-electron chi connectivity index (χ2n) is 6.41. The van der Waals surface area contributed by atoms with E-state index in [9.17, 15) is 20.0 Å². The third kappa shape index (κ3) is 2.55. The van der Waals surface area contributed by atoms with Gasteiger partial charge >= 0.3 is 0 Å². The zero-order valence-corrected chi connectivity index (χ0v) is 13.2. The van der Waals surface area contributed by atoms with E-state index in [0.29, 0.717) is 0 Å². The number of fused-ring (bicyclic) bond motifs is 3. The summed E-state index contributed by atoms with van der Waals surface area (Å²) in [6.07, 6.45) is 5.09. The predicted octanol–water partition coefficient (Wildman–Crippen LogP) is 2.78. The highest BCUT2D eigenvalue weighted by atomic mass is 16.6. The number of rotatable bonds is 3. The fourth-order valence-electron chi connectivity index (χ4n) is 3.85. The van der Waals surface area contributed by atoms with Gasteiger partial charge in [-0.15, -0.1) is 0 Å². The molecule has 126 valence electrons. The smallest absolute Gasteiger partial charge is 0.269 e. The number of aromatic carboxylic acids is 1. The number of hydrogen-bond acceptors (Lipinski definition) is 5. The van der Waals surface area contributed by atoms with Gasteiger partial charge in [0.2, 0.25) is 0 Å². The Morgan fingerprint density at radius 1 is 1.16 bits per heavy atom. The number of carboxylic acid groups (broad SMARTS) is 1. The molecule has 0 aromatic heterocycles. The van der Waals surface area contributed by atoms with Crippen molar-refractivity contribution in [1.29, 1.82) is 0 Å². The number of nitrogens with one attached hydrogen (secondary N) is 1. The first-order valence-corrected chi connectivity index (χ1v) is 8.07. The molecule has 25 heavy (non-hydrogen) atoms. The Hall–Kier alpha value is -3.15. The van der Waals surface area contributed by atoms with E-state index in [1.807, 2.05) is 0 Å². The third-order valence-electron chi connectivity index (χ3n) is 5.06. The first-order chi connectivity index (χ1) is 12.0. The molecule has 6 heteroatoms. The number of hydrogen-bond donors (Lipinski definition) is 1. The maximum atomic E-state index is 11.1. The van der Waals surface area contributed by atoms with Gasteiger partial charge in [0.15, 0.2) is 0 Å². The summed E-state index contributed by atoms with van der Waals surface area (Å²) in [6, 6.07) is 11.6. The van der Waals surface area contributed by atoms with Crippen molar-refractivity contribution in [2.75, 3.05) is 5.32 Å². The summed E-state index contributed by atoms with van der Waals surface area (Å²) in [7, 11) is 0. The summed E-state index contributed by atoms with van der Waals surface area (Å²) in [4.78, 5) is 21.6. The van der Waals surface area contributed by atoms with Gasteiger partial charge in [-0.05, 0) is 41.2 Å². The minimum absolute atomic E-state index is 0.0158. The number of allylic oxidation sites excluding steroid dienone is 2. The lowest BCUT2D eigenvalue weighted by molar-refractivity contribution is -0.384. The molecule has 0 spiro atoms. The standard InChI is InChI=1S/C19H16N2O4/c22-19(23)12-6-9-17-16(10-12)14-2-1-3-15(14)18(20-17)11-4-7-13(8-5-11)21(24)25/h1-2,4-10,14-15,18,20H,3H2,(H,22,23)/p-1/t14-,15-,18-/m0/s1. The molecule has 0 fully saturated rings. The molecule has 0 unspecified atom stereocenters. The van der Waals surface area contributed by atoms with Crippen molar-refractivity contribution < 1.29 is 14.8 Å². The normalized spacial score (nSPS) is 23.4. The van der Waals surface area contributed by atoms with Crippen LogP contribution in [0.25, 0.3) is 0 Å². The number of nitro groups is 1. The van der Waals surface area contributed by atoms with Crippen molar-refractivity contribution in [3.05, 3.63) is 81.4 Å². The Kier molecular flexibility index (Phi) is 3.53. The summed E-state index contributed by atoms with van der Waals surface area (Å²) < 4.78 is 0. The number of nitro benzene ring substituents is 1. The highest BCUT2D eigenvalue weighted by Gasteiger charge is 2.38. The number of carboxylic acids is 1. The molecule has 2 aromatic carbocycles. The van der Waals surface area contributed by atoms with Crippen LogP contribution in [-0.2, 0) is 0 Å². The first kappa shape index (κ1) is 15.4. The molecule has 0 bridgehead atoms. The van der Waals surface area contributed by atoms with Crippen LogP contribution in [0.15, 0.2) is 54.6 Å². The molecular weight excluding hydrogens is 320 g/mol. The lowest BCUT2D eigenvalue weighted by Crippen LogP contribution is -2.30. The molecule has 6 nitrogen and oxygen atoms in total. The largest absolute Gasteiger partial charge is 0.545 e. The van der Waals surface area contributed by atoms with E-state index in [2.05, 4.69) is 17.5 Å². The highest BCUT2D eigenvalue weighted by molar-refractivity contribution is 5.87. The molecule has 0 radical (unpaired) electrons. The molecule has 0 saturated carbocycles. The Morgan fingerprint density at radius 3 is 2.60 bits per heavy atom. The average molecular weight is 335 g/mol. The Labute approximate surface area is 144 Å². The minimum Gasteiger partial charge on any atom is -0.545 e. The van der Waals surface area contributed by atoms with Crippen LogP contribution in [0.2, 0.25) is 0 Å². The van der Waals surface area contributed by atoms with Crippen molar-refractivity contribution in [2.24, 2.45) is 5.92 Å². The van der Waals surface area contributed by atoms with Crippen LogP contribution in [0.1, 0.15) is 39.9 Å². The zero-order chi connectivity index (χ0) is 17.6. The predicted molar refractivity (Wildman–Crippen MR) is 90.2 cm³/mol. The number of carbonyl (C=O) groups excluding carboxylic acids is 1. The van der Waals surface area contributed by atoms with Gasteiger partial charge in [0.25, 0.3) is 5.69 Å². The monoisotopic (exact) mass is 335 g/mol. The maximum absolute atomic E-state index is 11.1. The van der Waals surface area contributed by atoms with Crippen molar-refractivity contribution in [3.63, 3.8) is 0 Å². The van der Waals surface area contributed by atoms with Crippen molar-refractivity contribution in [3.8, 4) is 0 Å². The fourth-order valence-corrected chi connectivity index (χ4v) is 3.85. The van der Waals surface area contributed by atoms with Gasteiger partial charge in [-0.25, -0.2) is 0 Å². The SMILES string of the molecule is O=C([O-])c1ccc2c(c1)[C@H]1C=CC[C@@H]1[C@H](c1ccc([N+](=O)[O-])cc1)N2. The van der Waals surface area contributed by atoms with Crippen LogP contribution < -0.4 is 10.4 Å². The molecular formula is C19H15N2O4-. The van der Waals surface area contributed by atoms with E-state index in [1.165, 1.54) is 18.2 Å². The van der Waals surface area contributed by atoms with Crippen LogP contribution in [0.5, 0.6) is 0 Å². The molecule has 0 amide bonds. The van der Waals surface area contributed by atoms with Gasteiger partial charge < -0.3 is 15.2 Å². The van der Waals surface area contributed by atoms with Crippen LogP contribution >= 0.6 is 0 Å². The second kappa shape index (κ2) is 5.73. The quantitative estimate of drug-likeness (QED) is 0.529. The molecule has 2 aromatic rings. The Balaban J connectivity index is 1.72. The molecule has 1 heterocycles. The van der Waals surface area contributed by atoms with Crippen LogP contribution in [-0.4, -0.2) is 10.9 Å². The summed E-state index contributed by atoms with van der Waals surface area (Å²) in [5.74, 6) is -0.819. The lowest BCUT2D eigenvalue weighted by atomic mass is 9.76. The van der Waals surface area contributed by atoms with Crippen LogP contribution in [0.3, 0.4) is 0 Å². The summed E-state index contributed by atoms with van der Waals surface area (Å²) in [5.41, 5.74) is 3.08. The average Bonchev–Trinajstić information content (AvgIpc) is 3.10. The molecule has 3 atom stereocenters. The number of carbonyl (C=O) groups is 1. The van der Waals surface area contributed by atoms with Crippen molar-refractivity contribution >= 4 is 17.3 Å². The molecule has 1 aliphatic carbocycles. The summed E-state index contributed by atoms with van der Waals surface area (Å²) in [6.45, 7) is 0. The fraction of sp³-hybridized carbons (Fsp3) is 0.211. The maximum Gasteiger partial charge on any atom is 0.269 e. The van der Waals surface area contributed by atoms with Gasteiger partial charge in [0.05, 0.1) is 16.9 Å². The molecule has 2 aliphatic rings. The van der Waals surface area contributed by atoms with Gasteiger partial charge in [-0.2, -0.15) is 0 Å². The lowest BCUT2D eigenvalue weighted by Gasteiger charge is -2.37. The van der Waals surface area contributed by atoms with Gasteiger partial charge in [0, 0.05) is 23.7 Å². The molecule has 1 aliphatic heterocycles. The van der Waals surface area contributed by atoms with Crippen LogP contribution in [0.4, 0.5) is 11.4 Å². The minimum atomic E-state index is -1.18. The molecule has 4 rings (SSSR count). The zero-order valence-electron chi connectivity index (χ0n) is 13.2. The van der Waals surface area contributed by atoms with E-state index >= 15 is 0 Å². The molecule has 0 saturated heterocycles. The number of non-ortho nitro benzene ring substituents is 1. The van der Waals surface area contributed by atoms with Crippen molar-refractivity contribution in [1.82, 2.24) is 0 Å². The van der Waals surface area contributed by atoms with Gasteiger partial charge in [-0.3, -0.25) is 10.1 Å². The van der Waals surface area contributed by atoms with E-state index < -0.39 is 10.9 Å². The number of benzene rings is 2. The van der Waals surface area contributed by atoms with E-state index in [1.54, 1.807) is 24.3 Å². The topological polar surface area (TPSA) is 95.3 Å².